The highest BCUT2D eigenvalue weighted by Crippen LogP contribution is 2.25. The molecule has 0 aromatic rings. The maximum absolute atomic E-state index is 12.4. The molecule has 7 heteroatoms. The van der Waals surface area contributed by atoms with Crippen LogP contribution in [0.15, 0.2) is 0 Å². The van der Waals surface area contributed by atoms with Crippen LogP contribution in [0.3, 0.4) is 0 Å². The van der Waals surface area contributed by atoms with Crippen LogP contribution in [-0.4, -0.2) is 66.7 Å². The van der Waals surface area contributed by atoms with Crippen LogP contribution in [-0.2, 0) is 23.9 Å². The summed E-state index contributed by atoms with van der Waals surface area (Å²) in [7, 11) is 0. The molecule has 3 atom stereocenters. The van der Waals surface area contributed by atoms with Crippen LogP contribution in [0, 0.1) is 11.8 Å². The summed E-state index contributed by atoms with van der Waals surface area (Å²) in [5, 5.41) is 8.29. The minimum atomic E-state index is -0.206. The molecular weight excluding hydrogens is 687 g/mol. The summed E-state index contributed by atoms with van der Waals surface area (Å²) >= 11 is 0. The summed E-state index contributed by atoms with van der Waals surface area (Å²) in [6, 6.07) is -0.0540. The van der Waals surface area contributed by atoms with Gasteiger partial charge in [0.15, 0.2) is 0 Å². The van der Waals surface area contributed by atoms with Gasteiger partial charge in [0, 0.05) is 26.0 Å². The number of aliphatic hydroxyl groups excluding tert-OH is 1. The van der Waals surface area contributed by atoms with Gasteiger partial charge in [0.2, 0.25) is 0 Å². The molecule has 1 fully saturated rings. The second-order valence-corrected chi connectivity index (χ2v) is 15.2. The fourth-order valence-electron chi connectivity index (χ4n) is 6.66. The number of unbranched alkanes of at least 4 members (excludes halogenated alkanes) is 18. The number of Topliss-reactive ketones (excluding diaryl/α,β-unsaturated/α-hetero) is 1. The van der Waals surface area contributed by atoms with Crippen molar-refractivity contribution in [2.24, 2.45) is 11.8 Å². The Bertz CT molecular complexity index is 772. The van der Waals surface area contributed by atoms with E-state index < -0.39 is 0 Å². The second kappa shape index (κ2) is 50.5. The van der Waals surface area contributed by atoms with Crippen LogP contribution in [0.25, 0.3) is 0 Å². The molecule has 0 aromatic carbocycles. The first-order valence-corrected chi connectivity index (χ1v) is 23.8. The molecule has 0 spiro atoms. The van der Waals surface area contributed by atoms with Gasteiger partial charge in [-0.1, -0.05) is 184 Å². The smallest absolute Gasteiger partial charge is 0.323 e. The SMILES string of the molecule is CC.CC.CCCCCCCCC(CCCCCC)C(C)=O.CCCCCCCOC(=O)C1CC(C)CN1CCCCCCOC(C)=O.CCCCCCO. The van der Waals surface area contributed by atoms with E-state index in [4.69, 9.17) is 14.6 Å². The number of hydrogen-bond donors (Lipinski definition) is 1. The van der Waals surface area contributed by atoms with E-state index in [0.717, 1.165) is 77.3 Å². The van der Waals surface area contributed by atoms with Crippen LogP contribution in [0.4, 0.5) is 0 Å². The van der Waals surface area contributed by atoms with Crippen molar-refractivity contribution >= 4 is 17.7 Å². The highest BCUT2D eigenvalue weighted by molar-refractivity contribution is 5.78. The maximum Gasteiger partial charge on any atom is 0.323 e. The molecule has 3 unspecified atom stereocenters. The van der Waals surface area contributed by atoms with Gasteiger partial charge in [-0.2, -0.15) is 0 Å². The lowest BCUT2D eigenvalue weighted by atomic mass is 9.91. The summed E-state index contributed by atoms with van der Waals surface area (Å²) in [5.41, 5.74) is 0. The lowest BCUT2D eigenvalue weighted by Crippen LogP contribution is -2.38. The normalized spacial score (nSPS) is 15.1. The summed E-state index contributed by atoms with van der Waals surface area (Å²) in [6.07, 6.45) is 31.0. The van der Waals surface area contributed by atoms with E-state index in [2.05, 4.69) is 39.5 Å². The Morgan fingerprint density at radius 2 is 0.982 bits per heavy atom. The quantitative estimate of drug-likeness (QED) is 0.0552. The fraction of sp³-hybridized carbons (Fsp3) is 0.938. The topological polar surface area (TPSA) is 93.1 Å². The molecule has 55 heavy (non-hydrogen) atoms. The van der Waals surface area contributed by atoms with Crippen LogP contribution < -0.4 is 0 Å². The highest BCUT2D eigenvalue weighted by atomic mass is 16.5. The average Bonchev–Trinajstić information content (AvgIpc) is 3.56. The van der Waals surface area contributed by atoms with Crippen molar-refractivity contribution in [2.45, 2.75) is 249 Å². The molecule has 1 heterocycles. The van der Waals surface area contributed by atoms with Gasteiger partial charge in [0.25, 0.3) is 0 Å². The van der Waals surface area contributed by atoms with Crippen LogP contribution in [0.2, 0.25) is 0 Å². The van der Waals surface area contributed by atoms with Crippen LogP contribution in [0.1, 0.15) is 243 Å². The Morgan fingerprint density at radius 3 is 1.44 bits per heavy atom. The number of rotatable bonds is 31. The first-order valence-electron chi connectivity index (χ1n) is 23.8. The van der Waals surface area contributed by atoms with Crippen LogP contribution in [0.5, 0.6) is 0 Å². The van der Waals surface area contributed by atoms with Crippen molar-refractivity contribution in [2.75, 3.05) is 32.9 Å². The zero-order valence-corrected chi connectivity index (χ0v) is 39.1. The molecule has 1 saturated heterocycles. The van der Waals surface area contributed by atoms with E-state index in [-0.39, 0.29) is 18.0 Å². The predicted octanol–water partition coefficient (Wildman–Crippen LogP) is 13.9. The first-order chi connectivity index (χ1) is 26.7. The van der Waals surface area contributed by atoms with Crippen molar-refractivity contribution < 1.29 is 29.0 Å². The van der Waals surface area contributed by atoms with Crippen molar-refractivity contribution in [1.29, 1.82) is 0 Å². The fourth-order valence-corrected chi connectivity index (χ4v) is 6.66. The number of carbonyl (C=O) groups excluding carboxylic acids is 3. The lowest BCUT2D eigenvalue weighted by molar-refractivity contribution is -0.149. The molecule has 1 aliphatic rings. The van der Waals surface area contributed by atoms with E-state index >= 15 is 0 Å². The molecular formula is C48H99NO6. The molecule has 0 saturated carbocycles. The highest BCUT2D eigenvalue weighted by Gasteiger charge is 2.35. The largest absolute Gasteiger partial charge is 0.466 e. The van der Waals surface area contributed by atoms with Gasteiger partial charge in [0.05, 0.1) is 13.2 Å². The molecule has 0 bridgehead atoms. The predicted molar refractivity (Wildman–Crippen MR) is 239 cm³/mol. The monoisotopic (exact) mass is 786 g/mol. The summed E-state index contributed by atoms with van der Waals surface area (Å²) in [5.74, 6) is 1.09. The van der Waals surface area contributed by atoms with Crippen LogP contribution >= 0.6 is 0 Å². The van der Waals surface area contributed by atoms with Gasteiger partial charge in [-0.25, -0.2) is 0 Å². The minimum absolute atomic E-state index is 0.0281. The molecule has 332 valence electrons. The van der Waals surface area contributed by atoms with Crippen molar-refractivity contribution in [3.63, 3.8) is 0 Å². The Kier molecular flexibility index (Phi) is 55.3. The van der Waals surface area contributed by atoms with E-state index in [0.29, 0.717) is 37.4 Å². The first kappa shape index (κ1) is 60.2. The van der Waals surface area contributed by atoms with Crippen molar-refractivity contribution in [1.82, 2.24) is 4.90 Å². The summed E-state index contributed by atoms with van der Waals surface area (Å²) in [4.78, 5) is 37.0. The molecule has 7 nitrogen and oxygen atoms in total. The maximum atomic E-state index is 12.4. The van der Waals surface area contributed by atoms with Gasteiger partial charge in [-0.15, -0.1) is 0 Å². The number of aliphatic hydroxyl groups is 1. The van der Waals surface area contributed by atoms with Gasteiger partial charge in [-0.05, 0) is 64.3 Å². The van der Waals surface area contributed by atoms with Crippen molar-refractivity contribution in [3.05, 3.63) is 0 Å². The Hall–Kier alpha value is -1.47. The minimum Gasteiger partial charge on any atom is -0.466 e. The van der Waals surface area contributed by atoms with E-state index in [9.17, 15) is 14.4 Å². The molecule has 0 aliphatic carbocycles. The third kappa shape index (κ3) is 45.1. The van der Waals surface area contributed by atoms with Gasteiger partial charge in [0.1, 0.15) is 11.8 Å². The number of nitrogens with zero attached hydrogens (tertiary/aromatic N) is 1. The number of carbonyl (C=O) groups is 3. The van der Waals surface area contributed by atoms with E-state index in [1.807, 2.05) is 27.7 Å². The third-order valence-electron chi connectivity index (χ3n) is 9.92. The number of ether oxygens (including phenoxy) is 2. The molecule has 0 aromatic heterocycles. The van der Waals surface area contributed by atoms with E-state index in [1.165, 1.54) is 110 Å². The standard InChI is InChI=1S/C21H39NO4.C17H34O.C6H14O.2C2H6/c1-4-5-6-8-12-15-26-21(24)20-16-18(2)17-22(20)13-10-7-9-11-14-25-19(3)23;1-4-6-8-10-11-13-15-17(16(3)18)14-12-9-7-5-2;1-2-3-4-5-6-7;2*1-2/h18,20H,4-17H2,1-3H3;17H,4-15H2,1-3H3;7H,2-6H2,1H3;2*1-2H3. The van der Waals surface area contributed by atoms with Gasteiger partial charge < -0.3 is 14.6 Å². The molecule has 0 radical (unpaired) electrons. The summed E-state index contributed by atoms with van der Waals surface area (Å²) < 4.78 is 10.5. The number of hydrogen-bond acceptors (Lipinski definition) is 7. The zero-order valence-electron chi connectivity index (χ0n) is 39.1. The Morgan fingerprint density at radius 1 is 0.582 bits per heavy atom. The summed E-state index contributed by atoms with van der Waals surface area (Å²) in [6.45, 7) is 25.7. The van der Waals surface area contributed by atoms with Crippen molar-refractivity contribution in [3.8, 4) is 0 Å². The third-order valence-corrected chi connectivity index (χ3v) is 9.92. The Labute approximate surface area is 344 Å². The van der Waals surface area contributed by atoms with Gasteiger partial charge in [-0.3, -0.25) is 19.3 Å². The number of likely N-dealkylation sites (tertiary alicyclic amines) is 1. The average molecular weight is 786 g/mol. The lowest BCUT2D eigenvalue weighted by Gasteiger charge is -2.23. The zero-order chi connectivity index (χ0) is 42.4. The molecule has 1 rings (SSSR count). The number of ketones is 1. The number of esters is 2. The molecule has 0 amide bonds. The second-order valence-electron chi connectivity index (χ2n) is 15.2. The molecule has 1 N–H and O–H groups in total. The molecule has 1 aliphatic heterocycles. The Balaban J connectivity index is -0.000000387. The van der Waals surface area contributed by atoms with E-state index in [1.54, 1.807) is 6.92 Å². The van der Waals surface area contributed by atoms with Gasteiger partial charge >= 0.3 is 11.9 Å².